The Hall–Kier alpha value is -1.62. The lowest BCUT2D eigenvalue weighted by molar-refractivity contribution is -0.123. The number of carbonyl (C=O) groups excluding carboxylic acids is 1. The number of rotatable bonds is 2. The minimum Gasteiger partial charge on any atom is -0.367 e. The van der Waals surface area contributed by atoms with E-state index in [9.17, 15) is 9.18 Å². The lowest BCUT2D eigenvalue weighted by Gasteiger charge is -2.30. The highest BCUT2D eigenvalue weighted by Gasteiger charge is 2.22. The summed E-state index contributed by atoms with van der Waals surface area (Å²) in [5.74, 6) is -0.412. The van der Waals surface area contributed by atoms with Crippen LogP contribution in [0.4, 0.5) is 15.8 Å². The highest BCUT2D eigenvalue weighted by molar-refractivity contribution is 5.94. The number of carbonyl (C=O) groups is 1. The van der Waals surface area contributed by atoms with E-state index in [1.807, 2.05) is 25.7 Å². The predicted molar refractivity (Wildman–Crippen MR) is 79.6 cm³/mol. The Morgan fingerprint density at radius 3 is 2.50 bits per heavy atom. The van der Waals surface area contributed by atoms with Gasteiger partial charge in [0.05, 0.1) is 5.69 Å². The second kappa shape index (κ2) is 5.79. The van der Waals surface area contributed by atoms with Gasteiger partial charge in [-0.25, -0.2) is 4.39 Å². The molecular formula is C15H22FN3O. The molecule has 1 aliphatic rings. The van der Waals surface area contributed by atoms with Gasteiger partial charge < -0.3 is 15.5 Å². The number of anilines is 2. The van der Waals surface area contributed by atoms with Crippen molar-refractivity contribution in [3.63, 3.8) is 0 Å². The Morgan fingerprint density at radius 1 is 1.30 bits per heavy atom. The molecule has 1 aliphatic heterocycles. The van der Waals surface area contributed by atoms with Crippen LogP contribution in [0.5, 0.6) is 0 Å². The van der Waals surface area contributed by atoms with E-state index in [1.54, 1.807) is 12.1 Å². The van der Waals surface area contributed by atoms with Crippen LogP contribution in [0.1, 0.15) is 20.8 Å². The molecule has 1 heterocycles. The highest BCUT2D eigenvalue weighted by Crippen LogP contribution is 2.24. The summed E-state index contributed by atoms with van der Waals surface area (Å²) in [6.45, 7) is 8.80. The van der Waals surface area contributed by atoms with Gasteiger partial charge in [0.2, 0.25) is 5.91 Å². The number of benzene rings is 1. The van der Waals surface area contributed by atoms with Gasteiger partial charge in [-0.15, -0.1) is 0 Å². The summed E-state index contributed by atoms with van der Waals surface area (Å²) in [6.07, 6.45) is 0. The Bertz CT molecular complexity index is 490. The monoisotopic (exact) mass is 279 g/mol. The van der Waals surface area contributed by atoms with Crippen LogP contribution < -0.4 is 15.5 Å². The summed E-state index contributed by atoms with van der Waals surface area (Å²) < 4.78 is 14.2. The van der Waals surface area contributed by atoms with E-state index in [4.69, 9.17) is 0 Å². The normalized spacial score (nSPS) is 16.1. The third kappa shape index (κ3) is 3.48. The summed E-state index contributed by atoms with van der Waals surface area (Å²) in [5, 5.41) is 5.98. The molecule has 4 nitrogen and oxygen atoms in total. The zero-order valence-corrected chi connectivity index (χ0v) is 12.3. The fourth-order valence-corrected chi connectivity index (χ4v) is 2.07. The molecule has 0 spiro atoms. The first-order valence-electron chi connectivity index (χ1n) is 6.94. The molecule has 1 amide bonds. The van der Waals surface area contributed by atoms with Gasteiger partial charge in [0.15, 0.2) is 0 Å². The van der Waals surface area contributed by atoms with Crippen molar-refractivity contribution >= 4 is 17.3 Å². The van der Waals surface area contributed by atoms with E-state index in [0.717, 1.165) is 26.2 Å². The van der Waals surface area contributed by atoms with Crippen molar-refractivity contribution in [2.75, 3.05) is 36.4 Å². The number of hydrogen-bond acceptors (Lipinski definition) is 3. The second-order valence-electron chi connectivity index (χ2n) is 6.11. The molecule has 20 heavy (non-hydrogen) atoms. The van der Waals surface area contributed by atoms with Crippen LogP contribution in [0.25, 0.3) is 0 Å². The van der Waals surface area contributed by atoms with Crippen molar-refractivity contribution in [3.8, 4) is 0 Å². The number of halogens is 1. The molecule has 0 atom stereocenters. The van der Waals surface area contributed by atoms with Gasteiger partial charge in [-0.1, -0.05) is 20.8 Å². The molecule has 0 radical (unpaired) electrons. The van der Waals surface area contributed by atoms with E-state index in [-0.39, 0.29) is 11.7 Å². The Labute approximate surface area is 119 Å². The van der Waals surface area contributed by atoms with E-state index in [1.165, 1.54) is 6.07 Å². The van der Waals surface area contributed by atoms with Gasteiger partial charge >= 0.3 is 0 Å². The quantitative estimate of drug-likeness (QED) is 0.872. The summed E-state index contributed by atoms with van der Waals surface area (Å²) in [7, 11) is 0. The predicted octanol–water partition coefficient (Wildman–Crippen LogP) is 2.22. The first kappa shape index (κ1) is 14.8. The van der Waals surface area contributed by atoms with E-state index < -0.39 is 5.41 Å². The van der Waals surface area contributed by atoms with Crippen LogP contribution in [-0.2, 0) is 4.79 Å². The van der Waals surface area contributed by atoms with Gasteiger partial charge in [0, 0.05) is 37.3 Å². The fourth-order valence-electron chi connectivity index (χ4n) is 2.07. The van der Waals surface area contributed by atoms with Gasteiger partial charge in [0.1, 0.15) is 5.82 Å². The molecule has 0 unspecified atom stereocenters. The van der Waals surface area contributed by atoms with Crippen LogP contribution >= 0.6 is 0 Å². The van der Waals surface area contributed by atoms with Crippen LogP contribution in [-0.4, -0.2) is 32.1 Å². The van der Waals surface area contributed by atoms with Crippen molar-refractivity contribution in [2.45, 2.75) is 20.8 Å². The van der Waals surface area contributed by atoms with Crippen LogP contribution in [0, 0.1) is 11.2 Å². The summed E-state index contributed by atoms with van der Waals surface area (Å²) in [6, 6.07) is 4.88. The van der Waals surface area contributed by atoms with Gasteiger partial charge in [-0.05, 0) is 18.2 Å². The molecule has 5 heteroatoms. The van der Waals surface area contributed by atoms with Crippen molar-refractivity contribution in [1.29, 1.82) is 0 Å². The fraction of sp³-hybridized carbons (Fsp3) is 0.533. The maximum absolute atomic E-state index is 14.2. The molecular weight excluding hydrogens is 257 g/mol. The number of hydrogen-bond donors (Lipinski definition) is 2. The Morgan fingerprint density at radius 2 is 1.95 bits per heavy atom. The molecule has 2 N–H and O–H groups in total. The topological polar surface area (TPSA) is 44.4 Å². The first-order valence-corrected chi connectivity index (χ1v) is 6.94. The SMILES string of the molecule is CC(C)(C)C(=O)Nc1ccc(N2CCNCC2)c(F)c1. The Balaban J connectivity index is 2.11. The van der Waals surface area contributed by atoms with Gasteiger partial charge in [0.25, 0.3) is 0 Å². The minimum atomic E-state index is -0.492. The van der Waals surface area contributed by atoms with E-state index in [0.29, 0.717) is 11.4 Å². The number of nitrogens with one attached hydrogen (secondary N) is 2. The third-order valence-corrected chi connectivity index (χ3v) is 3.34. The molecule has 110 valence electrons. The molecule has 0 saturated carbocycles. The number of amides is 1. The molecule has 1 fully saturated rings. The standard InChI is InChI=1S/C15H22FN3O/c1-15(2,3)14(20)18-11-4-5-13(12(16)10-11)19-8-6-17-7-9-19/h4-5,10,17H,6-9H2,1-3H3,(H,18,20). The molecule has 1 aromatic rings. The lowest BCUT2D eigenvalue weighted by atomic mass is 9.95. The number of piperazine rings is 1. The summed E-state index contributed by atoms with van der Waals surface area (Å²) in [5.41, 5.74) is 0.606. The largest absolute Gasteiger partial charge is 0.367 e. The van der Waals surface area contributed by atoms with Crippen LogP contribution in [0.2, 0.25) is 0 Å². The smallest absolute Gasteiger partial charge is 0.229 e. The zero-order valence-electron chi connectivity index (χ0n) is 12.3. The molecule has 0 bridgehead atoms. The molecule has 2 rings (SSSR count). The minimum absolute atomic E-state index is 0.119. The number of nitrogens with zero attached hydrogens (tertiary/aromatic N) is 1. The van der Waals surface area contributed by atoms with Gasteiger partial charge in [-0.2, -0.15) is 0 Å². The van der Waals surface area contributed by atoms with Crippen molar-refractivity contribution in [1.82, 2.24) is 5.32 Å². The van der Waals surface area contributed by atoms with Crippen LogP contribution in [0.3, 0.4) is 0 Å². The summed E-state index contributed by atoms with van der Waals surface area (Å²) >= 11 is 0. The third-order valence-electron chi connectivity index (χ3n) is 3.34. The van der Waals surface area contributed by atoms with Crippen molar-refractivity contribution in [2.24, 2.45) is 5.41 Å². The average molecular weight is 279 g/mol. The molecule has 0 aliphatic carbocycles. The molecule has 1 aromatic carbocycles. The van der Waals surface area contributed by atoms with E-state index >= 15 is 0 Å². The molecule has 0 aromatic heterocycles. The average Bonchev–Trinajstić information content (AvgIpc) is 2.38. The maximum Gasteiger partial charge on any atom is 0.229 e. The maximum atomic E-state index is 14.2. The van der Waals surface area contributed by atoms with Crippen LogP contribution in [0.15, 0.2) is 18.2 Å². The van der Waals surface area contributed by atoms with Gasteiger partial charge in [-0.3, -0.25) is 4.79 Å². The lowest BCUT2D eigenvalue weighted by Crippen LogP contribution is -2.43. The highest BCUT2D eigenvalue weighted by atomic mass is 19.1. The van der Waals surface area contributed by atoms with Crippen molar-refractivity contribution < 1.29 is 9.18 Å². The van der Waals surface area contributed by atoms with Crippen molar-refractivity contribution in [3.05, 3.63) is 24.0 Å². The van der Waals surface area contributed by atoms with E-state index in [2.05, 4.69) is 10.6 Å². The Kier molecular flexibility index (Phi) is 4.28. The summed E-state index contributed by atoms with van der Waals surface area (Å²) in [4.78, 5) is 13.9. The first-order chi connectivity index (χ1) is 9.38. The zero-order chi connectivity index (χ0) is 14.8. The molecule has 1 saturated heterocycles. The second-order valence-corrected chi connectivity index (χ2v) is 6.11.